The average Bonchev–Trinajstić information content (AvgIpc) is 3.01. The number of nitrogens with zero attached hydrogens (tertiary/aromatic N) is 1. The summed E-state index contributed by atoms with van der Waals surface area (Å²) >= 11 is 0. The van der Waals surface area contributed by atoms with E-state index in [4.69, 9.17) is 0 Å². The minimum atomic E-state index is 0.200. The number of hydrogen-bond acceptors (Lipinski definition) is 2. The lowest BCUT2D eigenvalue weighted by molar-refractivity contribution is 0.479. The van der Waals surface area contributed by atoms with Crippen LogP contribution >= 0.6 is 0 Å². The number of aromatic nitrogens is 2. The summed E-state index contributed by atoms with van der Waals surface area (Å²) in [5, 5.41) is 6.13. The molecule has 0 aliphatic rings. The molecule has 3 nitrogen and oxygen atoms in total. The van der Waals surface area contributed by atoms with Gasteiger partial charge in [0.2, 0.25) is 0 Å². The highest BCUT2D eigenvalue weighted by molar-refractivity contribution is 5.83. The fourth-order valence-electron chi connectivity index (χ4n) is 2.54. The molecule has 1 aromatic heterocycles. The average molecular weight is 265 g/mol. The van der Waals surface area contributed by atoms with Gasteiger partial charge in [0.05, 0.1) is 6.04 Å². The normalized spacial score (nSPS) is 14.3. The van der Waals surface area contributed by atoms with E-state index < -0.39 is 0 Å². The largest absolute Gasteiger partial charge is 0.347 e. The van der Waals surface area contributed by atoms with Gasteiger partial charge in [-0.2, -0.15) is 0 Å². The highest BCUT2D eigenvalue weighted by Crippen LogP contribution is 2.22. The second kappa shape index (κ2) is 5.47. The fourth-order valence-corrected chi connectivity index (χ4v) is 2.54. The molecule has 2 aromatic carbocycles. The molecule has 3 rings (SSSR count). The van der Waals surface area contributed by atoms with Crippen molar-refractivity contribution in [3.63, 3.8) is 0 Å². The first-order chi connectivity index (χ1) is 9.74. The molecular weight excluding hydrogens is 246 g/mol. The highest BCUT2D eigenvalue weighted by Gasteiger charge is 2.12. The van der Waals surface area contributed by atoms with E-state index in [0.717, 1.165) is 5.82 Å². The van der Waals surface area contributed by atoms with E-state index in [1.807, 2.05) is 6.20 Å². The second-order valence-corrected chi connectivity index (χ2v) is 5.19. The molecule has 0 aliphatic heterocycles. The van der Waals surface area contributed by atoms with Gasteiger partial charge in [-0.05, 0) is 36.2 Å². The first-order valence-corrected chi connectivity index (χ1v) is 6.98. The number of H-pyrrole nitrogens is 1. The van der Waals surface area contributed by atoms with Gasteiger partial charge in [0.1, 0.15) is 5.82 Å². The van der Waals surface area contributed by atoms with Crippen LogP contribution in [0.3, 0.4) is 0 Å². The molecule has 0 spiro atoms. The van der Waals surface area contributed by atoms with Gasteiger partial charge in [-0.1, -0.05) is 36.4 Å². The molecule has 3 heteroatoms. The summed E-state index contributed by atoms with van der Waals surface area (Å²) in [4.78, 5) is 7.44. The zero-order chi connectivity index (χ0) is 13.9. The van der Waals surface area contributed by atoms with Crippen LogP contribution in [0.4, 0.5) is 0 Å². The van der Waals surface area contributed by atoms with Crippen molar-refractivity contribution in [3.8, 4) is 0 Å². The number of fused-ring (bicyclic) bond motifs is 1. The van der Waals surface area contributed by atoms with E-state index in [9.17, 15) is 0 Å². The van der Waals surface area contributed by atoms with Crippen LogP contribution in [0.15, 0.2) is 54.9 Å². The Morgan fingerprint density at radius 1 is 1.00 bits per heavy atom. The third kappa shape index (κ3) is 2.58. The molecule has 2 unspecified atom stereocenters. The summed E-state index contributed by atoms with van der Waals surface area (Å²) in [6.45, 7) is 4.31. The monoisotopic (exact) mass is 265 g/mol. The van der Waals surface area contributed by atoms with Crippen LogP contribution in [-0.2, 0) is 0 Å². The lowest BCUT2D eigenvalue weighted by Crippen LogP contribution is -2.23. The molecule has 0 aliphatic carbocycles. The Morgan fingerprint density at radius 2 is 1.80 bits per heavy atom. The van der Waals surface area contributed by atoms with Crippen LogP contribution in [-0.4, -0.2) is 9.97 Å². The Kier molecular flexibility index (Phi) is 3.52. The van der Waals surface area contributed by atoms with Crippen molar-refractivity contribution >= 4 is 10.8 Å². The van der Waals surface area contributed by atoms with Crippen molar-refractivity contribution in [2.45, 2.75) is 25.9 Å². The molecular formula is C17H19N3. The number of nitrogens with one attached hydrogen (secondary N) is 2. The van der Waals surface area contributed by atoms with Crippen LogP contribution in [0, 0.1) is 0 Å². The maximum Gasteiger partial charge on any atom is 0.122 e. The van der Waals surface area contributed by atoms with Crippen molar-refractivity contribution < 1.29 is 0 Å². The van der Waals surface area contributed by atoms with Crippen LogP contribution in [0.1, 0.15) is 37.3 Å². The van der Waals surface area contributed by atoms with Crippen LogP contribution in [0.5, 0.6) is 0 Å². The summed E-state index contributed by atoms with van der Waals surface area (Å²) in [7, 11) is 0. The van der Waals surface area contributed by atoms with Gasteiger partial charge in [0, 0.05) is 18.4 Å². The Balaban J connectivity index is 1.80. The molecule has 0 saturated heterocycles. The maximum atomic E-state index is 4.29. The molecule has 1 heterocycles. The minimum absolute atomic E-state index is 0.200. The van der Waals surface area contributed by atoms with Crippen molar-refractivity contribution in [1.82, 2.24) is 15.3 Å². The molecule has 2 atom stereocenters. The van der Waals surface area contributed by atoms with E-state index >= 15 is 0 Å². The maximum absolute atomic E-state index is 4.29. The Hall–Kier alpha value is -2.13. The zero-order valence-corrected chi connectivity index (χ0v) is 11.8. The molecule has 102 valence electrons. The predicted octanol–water partition coefficient (Wildman–Crippen LogP) is 3.97. The summed E-state index contributed by atoms with van der Waals surface area (Å²) in [5.74, 6) is 0.970. The van der Waals surface area contributed by atoms with Gasteiger partial charge in [-0.3, -0.25) is 0 Å². The van der Waals surface area contributed by atoms with Crippen molar-refractivity contribution in [2.24, 2.45) is 0 Å². The standard InChI is InChI=1S/C17H19N3/c1-12(20-13(2)17-18-9-10-19-17)15-8-7-14-5-3-4-6-16(14)11-15/h3-13,20H,1-2H3,(H,18,19). The Labute approximate surface area is 119 Å². The van der Waals surface area contributed by atoms with Crippen LogP contribution in [0.25, 0.3) is 10.8 Å². The Bertz CT molecular complexity index is 688. The molecule has 3 aromatic rings. The molecule has 0 amide bonds. The first kappa shape index (κ1) is 12.9. The van der Waals surface area contributed by atoms with E-state index in [2.05, 4.69) is 71.6 Å². The molecule has 0 saturated carbocycles. The molecule has 0 bridgehead atoms. The van der Waals surface area contributed by atoms with Gasteiger partial charge in [0.15, 0.2) is 0 Å². The van der Waals surface area contributed by atoms with Gasteiger partial charge >= 0.3 is 0 Å². The number of rotatable bonds is 4. The smallest absolute Gasteiger partial charge is 0.122 e. The van der Waals surface area contributed by atoms with Crippen molar-refractivity contribution in [3.05, 3.63) is 66.2 Å². The summed E-state index contributed by atoms with van der Waals surface area (Å²) in [5.41, 5.74) is 1.29. The number of imidazole rings is 1. The molecule has 2 N–H and O–H groups in total. The lowest BCUT2D eigenvalue weighted by atomic mass is 10.0. The molecule has 0 fully saturated rings. The number of benzene rings is 2. The highest BCUT2D eigenvalue weighted by atomic mass is 15.0. The predicted molar refractivity (Wildman–Crippen MR) is 82.5 cm³/mol. The summed E-state index contributed by atoms with van der Waals surface area (Å²) in [6, 6.07) is 15.5. The van der Waals surface area contributed by atoms with Crippen molar-refractivity contribution in [2.75, 3.05) is 0 Å². The van der Waals surface area contributed by atoms with E-state index in [1.165, 1.54) is 16.3 Å². The van der Waals surface area contributed by atoms with Crippen LogP contribution < -0.4 is 5.32 Å². The fraction of sp³-hybridized carbons (Fsp3) is 0.235. The lowest BCUT2D eigenvalue weighted by Gasteiger charge is -2.19. The minimum Gasteiger partial charge on any atom is -0.347 e. The van der Waals surface area contributed by atoms with E-state index in [-0.39, 0.29) is 12.1 Å². The zero-order valence-electron chi connectivity index (χ0n) is 11.8. The molecule has 20 heavy (non-hydrogen) atoms. The third-order valence-corrected chi connectivity index (χ3v) is 3.70. The van der Waals surface area contributed by atoms with Crippen molar-refractivity contribution in [1.29, 1.82) is 0 Å². The van der Waals surface area contributed by atoms with Gasteiger partial charge in [-0.15, -0.1) is 0 Å². The number of aromatic amines is 1. The Morgan fingerprint density at radius 3 is 2.55 bits per heavy atom. The summed E-state index contributed by atoms with van der Waals surface area (Å²) < 4.78 is 0. The van der Waals surface area contributed by atoms with Gasteiger partial charge < -0.3 is 10.3 Å². The SMILES string of the molecule is CC(NC(C)c1ncc[nH]1)c1ccc2ccccc2c1. The van der Waals surface area contributed by atoms with E-state index in [0.29, 0.717) is 0 Å². The number of hydrogen-bond donors (Lipinski definition) is 2. The quantitative estimate of drug-likeness (QED) is 0.749. The third-order valence-electron chi connectivity index (χ3n) is 3.70. The summed E-state index contributed by atoms with van der Waals surface area (Å²) in [6.07, 6.45) is 3.64. The van der Waals surface area contributed by atoms with Gasteiger partial charge in [-0.25, -0.2) is 4.98 Å². The van der Waals surface area contributed by atoms with E-state index in [1.54, 1.807) is 6.20 Å². The van der Waals surface area contributed by atoms with Gasteiger partial charge in [0.25, 0.3) is 0 Å². The topological polar surface area (TPSA) is 40.7 Å². The van der Waals surface area contributed by atoms with Crippen LogP contribution in [0.2, 0.25) is 0 Å². The first-order valence-electron chi connectivity index (χ1n) is 6.98. The second-order valence-electron chi connectivity index (χ2n) is 5.19. The molecule has 0 radical (unpaired) electrons.